The second kappa shape index (κ2) is 6.06. The molecule has 0 aliphatic heterocycles. The van der Waals surface area contributed by atoms with Gasteiger partial charge in [0.2, 0.25) is 0 Å². The molecular formula is C17H20BrN3. The van der Waals surface area contributed by atoms with Gasteiger partial charge in [-0.15, -0.1) is 0 Å². The predicted molar refractivity (Wildman–Crippen MR) is 92.1 cm³/mol. The first-order chi connectivity index (χ1) is 10.1. The third-order valence-electron chi connectivity index (χ3n) is 4.12. The van der Waals surface area contributed by atoms with Crippen molar-refractivity contribution in [2.75, 3.05) is 24.3 Å². The van der Waals surface area contributed by atoms with Gasteiger partial charge in [-0.3, -0.25) is 4.98 Å². The number of hydrogen-bond donors (Lipinski definition) is 1. The maximum atomic E-state index is 4.23. The fourth-order valence-corrected chi connectivity index (χ4v) is 3.12. The zero-order valence-electron chi connectivity index (χ0n) is 12.4. The average Bonchev–Trinajstić information content (AvgIpc) is 2.44. The van der Waals surface area contributed by atoms with Crippen molar-refractivity contribution in [3.05, 3.63) is 52.8 Å². The Labute approximate surface area is 134 Å². The van der Waals surface area contributed by atoms with Crippen molar-refractivity contribution in [1.29, 1.82) is 0 Å². The highest BCUT2D eigenvalue weighted by Gasteiger charge is 2.30. The zero-order chi connectivity index (χ0) is 14.8. The van der Waals surface area contributed by atoms with Crippen molar-refractivity contribution < 1.29 is 0 Å². The third kappa shape index (κ3) is 3.21. The topological polar surface area (TPSA) is 28.2 Å². The summed E-state index contributed by atoms with van der Waals surface area (Å²) in [5.41, 5.74) is 3.76. The zero-order valence-corrected chi connectivity index (χ0v) is 14.0. The Bertz CT molecular complexity index is 604. The van der Waals surface area contributed by atoms with E-state index in [2.05, 4.69) is 69.5 Å². The molecule has 21 heavy (non-hydrogen) atoms. The summed E-state index contributed by atoms with van der Waals surface area (Å²) in [6.07, 6.45) is 6.13. The number of pyridine rings is 1. The Morgan fingerprint density at radius 2 is 1.86 bits per heavy atom. The summed E-state index contributed by atoms with van der Waals surface area (Å²) in [6, 6.07) is 11.3. The molecule has 0 spiro atoms. The van der Waals surface area contributed by atoms with Gasteiger partial charge in [0, 0.05) is 30.8 Å². The minimum absolute atomic E-state index is 0.543. The van der Waals surface area contributed by atoms with Crippen LogP contribution in [0.5, 0.6) is 0 Å². The molecule has 1 fully saturated rings. The van der Waals surface area contributed by atoms with Gasteiger partial charge in [-0.25, -0.2) is 0 Å². The van der Waals surface area contributed by atoms with E-state index in [1.165, 1.54) is 24.1 Å². The number of anilines is 2. The van der Waals surface area contributed by atoms with Crippen LogP contribution in [0.25, 0.3) is 0 Å². The summed E-state index contributed by atoms with van der Waals surface area (Å²) in [6.45, 7) is 0. The van der Waals surface area contributed by atoms with Gasteiger partial charge < -0.3 is 10.2 Å². The molecule has 1 saturated carbocycles. The molecule has 0 bridgehead atoms. The number of rotatable bonds is 4. The SMILES string of the molecule is CN(C)c1ccncc1NC1CC(c2ccc(Br)cc2)C1. The van der Waals surface area contributed by atoms with Crippen LogP contribution in [-0.2, 0) is 0 Å². The van der Waals surface area contributed by atoms with Gasteiger partial charge >= 0.3 is 0 Å². The molecule has 4 heteroatoms. The van der Waals surface area contributed by atoms with Gasteiger partial charge in [0.15, 0.2) is 0 Å². The Morgan fingerprint density at radius 3 is 2.52 bits per heavy atom. The summed E-state index contributed by atoms with van der Waals surface area (Å²) >= 11 is 3.49. The first-order valence-electron chi connectivity index (χ1n) is 7.27. The lowest BCUT2D eigenvalue weighted by molar-refractivity contribution is 0.374. The normalized spacial score (nSPS) is 20.7. The van der Waals surface area contributed by atoms with Crippen LogP contribution in [-0.4, -0.2) is 25.1 Å². The Hall–Kier alpha value is -1.55. The van der Waals surface area contributed by atoms with E-state index in [-0.39, 0.29) is 0 Å². The molecule has 110 valence electrons. The van der Waals surface area contributed by atoms with E-state index in [1.807, 2.05) is 18.5 Å². The van der Waals surface area contributed by atoms with E-state index in [1.54, 1.807) is 0 Å². The maximum Gasteiger partial charge on any atom is 0.0766 e. The van der Waals surface area contributed by atoms with E-state index < -0.39 is 0 Å². The number of benzene rings is 1. The van der Waals surface area contributed by atoms with Crippen molar-refractivity contribution in [1.82, 2.24) is 4.98 Å². The fraction of sp³-hybridized carbons (Fsp3) is 0.353. The predicted octanol–water partition coefficient (Wildman–Crippen LogP) is 4.27. The van der Waals surface area contributed by atoms with E-state index in [4.69, 9.17) is 0 Å². The number of halogens is 1. The Kier molecular flexibility index (Phi) is 4.15. The fourth-order valence-electron chi connectivity index (χ4n) is 2.85. The van der Waals surface area contributed by atoms with Gasteiger partial charge in [0.25, 0.3) is 0 Å². The van der Waals surface area contributed by atoms with E-state index in [0.29, 0.717) is 12.0 Å². The van der Waals surface area contributed by atoms with Crippen molar-refractivity contribution >= 4 is 27.3 Å². The van der Waals surface area contributed by atoms with Crippen molar-refractivity contribution in [3.63, 3.8) is 0 Å². The van der Waals surface area contributed by atoms with Crippen LogP contribution < -0.4 is 10.2 Å². The van der Waals surface area contributed by atoms with E-state index in [9.17, 15) is 0 Å². The van der Waals surface area contributed by atoms with Crippen LogP contribution in [0.4, 0.5) is 11.4 Å². The van der Waals surface area contributed by atoms with Crippen LogP contribution in [0.1, 0.15) is 24.3 Å². The molecule has 1 aliphatic rings. The van der Waals surface area contributed by atoms with Crippen molar-refractivity contribution in [2.24, 2.45) is 0 Å². The number of nitrogens with zero attached hydrogens (tertiary/aromatic N) is 2. The molecule has 1 aliphatic carbocycles. The third-order valence-corrected chi connectivity index (χ3v) is 4.65. The Morgan fingerprint density at radius 1 is 1.14 bits per heavy atom. The first kappa shape index (κ1) is 14.4. The lowest BCUT2D eigenvalue weighted by Gasteiger charge is -2.37. The van der Waals surface area contributed by atoms with Crippen LogP contribution >= 0.6 is 15.9 Å². The molecule has 0 amide bonds. The molecule has 1 aromatic carbocycles. The molecule has 1 heterocycles. The van der Waals surface area contributed by atoms with Gasteiger partial charge in [-0.1, -0.05) is 28.1 Å². The van der Waals surface area contributed by atoms with Crippen LogP contribution in [0, 0.1) is 0 Å². The molecule has 0 radical (unpaired) electrons. The average molecular weight is 346 g/mol. The molecule has 0 saturated heterocycles. The largest absolute Gasteiger partial charge is 0.379 e. The minimum atomic E-state index is 0.543. The van der Waals surface area contributed by atoms with Crippen LogP contribution in [0.3, 0.4) is 0 Å². The van der Waals surface area contributed by atoms with Gasteiger partial charge in [-0.05, 0) is 42.5 Å². The highest BCUT2D eigenvalue weighted by Crippen LogP contribution is 2.39. The summed E-state index contributed by atoms with van der Waals surface area (Å²) in [4.78, 5) is 6.35. The lowest BCUT2D eigenvalue weighted by atomic mass is 9.76. The molecule has 3 rings (SSSR count). The van der Waals surface area contributed by atoms with Gasteiger partial charge in [-0.2, -0.15) is 0 Å². The van der Waals surface area contributed by atoms with E-state index in [0.717, 1.165) is 10.2 Å². The molecule has 2 aromatic rings. The minimum Gasteiger partial charge on any atom is -0.379 e. The summed E-state index contributed by atoms with van der Waals surface area (Å²) in [5.74, 6) is 0.676. The maximum absolute atomic E-state index is 4.23. The van der Waals surface area contributed by atoms with E-state index >= 15 is 0 Å². The molecule has 1 N–H and O–H groups in total. The summed E-state index contributed by atoms with van der Waals surface area (Å²) < 4.78 is 1.14. The number of nitrogens with one attached hydrogen (secondary N) is 1. The van der Waals surface area contributed by atoms with Crippen molar-refractivity contribution in [2.45, 2.75) is 24.8 Å². The highest BCUT2D eigenvalue weighted by atomic mass is 79.9. The molecule has 0 atom stereocenters. The standard InChI is InChI=1S/C17H20BrN3/c1-21(2)17-7-8-19-11-16(17)20-15-9-13(10-15)12-3-5-14(18)6-4-12/h3-8,11,13,15,20H,9-10H2,1-2H3. The Balaban J connectivity index is 1.61. The lowest BCUT2D eigenvalue weighted by Crippen LogP contribution is -2.34. The highest BCUT2D eigenvalue weighted by molar-refractivity contribution is 9.10. The molecule has 3 nitrogen and oxygen atoms in total. The monoisotopic (exact) mass is 345 g/mol. The second-order valence-electron chi connectivity index (χ2n) is 5.85. The summed E-state index contributed by atoms with van der Waals surface area (Å²) in [5, 5.41) is 3.63. The summed E-state index contributed by atoms with van der Waals surface area (Å²) in [7, 11) is 4.12. The van der Waals surface area contributed by atoms with Crippen LogP contribution in [0.15, 0.2) is 47.2 Å². The first-order valence-corrected chi connectivity index (χ1v) is 8.06. The molecule has 0 unspecified atom stereocenters. The number of hydrogen-bond acceptors (Lipinski definition) is 3. The van der Waals surface area contributed by atoms with Crippen molar-refractivity contribution in [3.8, 4) is 0 Å². The molecular weight excluding hydrogens is 326 g/mol. The van der Waals surface area contributed by atoms with Gasteiger partial charge in [0.1, 0.15) is 0 Å². The second-order valence-corrected chi connectivity index (χ2v) is 6.76. The molecule has 1 aromatic heterocycles. The van der Waals surface area contributed by atoms with Gasteiger partial charge in [0.05, 0.1) is 17.6 Å². The number of aromatic nitrogens is 1. The smallest absolute Gasteiger partial charge is 0.0766 e. The quantitative estimate of drug-likeness (QED) is 0.896. The van der Waals surface area contributed by atoms with Crippen LogP contribution in [0.2, 0.25) is 0 Å².